The number of ether oxygens (including phenoxy) is 2. The van der Waals surface area contributed by atoms with Crippen LogP contribution in [0, 0.1) is 24.7 Å². The van der Waals surface area contributed by atoms with Gasteiger partial charge in [0.25, 0.3) is 5.91 Å². The van der Waals surface area contributed by atoms with Gasteiger partial charge in [-0.05, 0) is 37.3 Å². The number of carbonyl (C=O) groups is 3. The second-order valence-electron chi connectivity index (χ2n) is 10.8. The van der Waals surface area contributed by atoms with E-state index in [1.54, 1.807) is 24.3 Å². The molecule has 3 aliphatic rings. The first-order valence-corrected chi connectivity index (χ1v) is 14.5. The van der Waals surface area contributed by atoms with Gasteiger partial charge in [-0.25, -0.2) is 0 Å². The highest BCUT2D eigenvalue weighted by Crippen LogP contribution is 2.61. The molecule has 1 aromatic carbocycles. The smallest absolute Gasteiger partial charge is 0.312 e. The Morgan fingerprint density at radius 1 is 1.36 bits per heavy atom. The van der Waals surface area contributed by atoms with Crippen LogP contribution in [0.2, 0.25) is 5.02 Å². The monoisotopic (exact) mass is 622 g/mol. The van der Waals surface area contributed by atoms with Crippen molar-refractivity contribution in [3.8, 4) is 0 Å². The Kier molecular flexibility index (Phi) is 8.95. The van der Waals surface area contributed by atoms with Gasteiger partial charge in [-0.15, -0.1) is 13.2 Å². The predicted octanol–water partition coefficient (Wildman–Crippen LogP) is 4.05. The minimum Gasteiger partial charge on any atom is -0.465 e. The lowest BCUT2D eigenvalue weighted by Crippen LogP contribution is -2.60. The molecule has 1 spiro atoms. The second kappa shape index (κ2) is 11.7. The summed E-state index contributed by atoms with van der Waals surface area (Å²) in [5.41, 5.74) is 0.0139. The van der Waals surface area contributed by atoms with Crippen molar-refractivity contribution in [1.29, 1.82) is 0 Å². The van der Waals surface area contributed by atoms with E-state index in [0.717, 1.165) is 5.56 Å². The molecule has 0 aromatic heterocycles. The summed E-state index contributed by atoms with van der Waals surface area (Å²) in [5, 5.41) is 10.8. The fourth-order valence-corrected chi connectivity index (χ4v) is 7.73. The Hall–Kier alpha value is -2.20. The lowest BCUT2D eigenvalue weighted by Gasteiger charge is -2.40. The van der Waals surface area contributed by atoms with Gasteiger partial charge in [0.2, 0.25) is 5.91 Å². The third kappa shape index (κ3) is 4.85. The van der Waals surface area contributed by atoms with Crippen LogP contribution in [-0.4, -0.2) is 76.2 Å². The van der Waals surface area contributed by atoms with Crippen molar-refractivity contribution in [3.63, 3.8) is 0 Å². The molecule has 0 saturated carbocycles. The molecule has 4 rings (SSSR count). The van der Waals surface area contributed by atoms with E-state index in [0.29, 0.717) is 23.6 Å². The van der Waals surface area contributed by atoms with Crippen LogP contribution in [0.5, 0.6) is 0 Å². The molecule has 7 atom stereocenters. The minimum absolute atomic E-state index is 0.141. The summed E-state index contributed by atoms with van der Waals surface area (Å²) in [6.07, 6.45) is 3.44. The highest BCUT2D eigenvalue weighted by Gasteiger charge is 2.77. The number of carbonyl (C=O) groups excluding carboxylic acids is 3. The molecule has 2 amide bonds. The number of fused-ring (bicyclic) bond motifs is 1. The van der Waals surface area contributed by atoms with Crippen molar-refractivity contribution in [2.45, 2.75) is 62.2 Å². The Labute approximate surface area is 243 Å². The summed E-state index contributed by atoms with van der Waals surface area (Å²) in [4.78, 5) is 45.0. The molecular formula is C29H36BrClN2O6. The molecule has 10 heteroatoms. The lowest BCUT2D eigenvalue weighted by molar-refractivity contribution is -0.155. The number of esters is 1. The zero-order chi connectivity index (χ0) is 28.6. The molecule has 3 unspecified atom stereocenters. The average molecular weight is 624 g/mol. The van der Waals surface area contributed by atoms with E-state index in [2.05, 4.69) is 29.1 Å². The number of nitrogens with zero attached hydrogens (tertiary/aromatic N) is 2. The number of halogens is 2. The summed E-state index contributed by atoms with van der Waals surface area (Å²) in [7, 11) is 0. The van der Waals surface area contributed by atoms with E-state index in [4.69, 9.17) is 21.1 Å². The van der Waals surface area contributed by atoms with Crippen LogP contribution in [0.25, 0.3) is 0 Å². The van der Waals surface area contributed by atoms with Crippen LogP contribution in [0.15, 0.2) is 43.5 Å². The van der Waals surface area contributed by atoms with Crippen LogP contribution in [-0.2, 0) is 23.9 Å². The number of rotatable bonds is 11. The van der Waals surface area contributed by atoms with Crippen LogP contribution in [0.4, 0.5) is 5.69 Å². The summed E-state index contributed by atoms with van der Waals surface area (Å²) in [6, 6.07) is 3.60. The van der Waals surface area contributed by atoms with E-state index in [1.165, 1.54) is 9.80 Å². The van der Waals surface area contributed by atoms with Gasteiger partial charge < -0.3 is 24.4 Å². The third-order valence-electron chi connectivity index (χ3n) is 8.15. The number of aliphatic hydroxyl groups is 1. The number of alkyl halides is 1. The number of hydrogen-bond donors (Lipinski definition) is 1. The molecule has 212 valence electrons. The SMILES string of the molecule is C=CCCOC(=O)[C@H]1[C@H]2C(=O)N([C@@H](CO)C(C)C)C(C(=O)N(CC=C)c3c(C)cccc3Cl)C23CC(Br)[C@@H]1O3. The molecule has 3 heterocycles. The van der Waals surface area contributed by atoms with Crippen molar-refractivity contribution in [3.05, 3.63) is 54.1 Å². The Bertz CT molecular complexity index is 1140. The van der Waals surface area contributed by atoms with Crippen molar-refractivity contribution < 1.29 is 29.0 Å². The van der Waals surface area contributed by atoms with Crippen molar-refractivity contribution in [1.82, 2.24) is 4.90 Å². The number of amides is 2. The Morgan fingerprint density at radius 3 is 2.67 bits per heavy atom. The first-order chi connectivity index (χ1) is 18.5. The van der Waals surface area contributed by atoms with E-state index in [1.807, 2.05) is 26.8 Å². The van der Waals surface area contributed by atoms with Crippen molar-refractivity contribution >= 4 is 51.0 Å². The largest absolute Gasteiger partial charge is 0.465 e. The highest BCUT2D eigenvalue weighted by molar-refractivity contribution is 9.09. The highest BCUT2D eigenvalue weighted by atomic mass is 79.9. The maximum Gasteiger partial charge on any atom is 0.312 e. The molecule has 2 bridgehead atoms. The second-order valence-corrected chi connectivity index (χ2v) is 12.4. The molecule has 3 saturated heterocycles. The summed E-state index contributed by atoms with van der Waals surface area (Å²) in [5.74, 6) is -3.30. The predicted molar refractivity (Wildman–Crippen MR) is 153 cm³/mol. The number of aliphatic hydroxyl groups excluding tert-OH is 1. The van der Waals surface area contributed by atoms with Gasteiger partial charge in [0.15, 0.2) is 0 Å². The summed E-state index contributed by atoms with van der Waals surface area (Å²) < 4.78 is 12.1. The standard InChI is InChI=1S/C29H36BrClN2O6/c1-6-8-13-38-28(37)21-22-26(35)33(20(15-34)16(3)4)25(29(22)14-18(30)24(21)39-29)27(36)32(12-7-2)23-17(5)10-9-11-19(23)31/h6-7,9-11,16,18,20-22,24-25,34H,1-2,8,12-15H2,3-5H3/t18?,20-,21-,22-,24-,25?,29?/m0/s1. The molecule has 39 heavy (non-hydrogen) atoms. The molecular weight excluding hydrogens is 588 g/mol. The van der Waals surface area contributed by atoms with Gasteiger partial charge in [-0.1, -0.05) is 65.7 Å². The quantitative estimate of drug-likeness (QED) is 0.173. The number of likely N-dealkylation sites (tertiary alicyclic amines) is 1. The molecule has 1 aromatic rings. The Morgan fingerprint density at radius 2 is 2.08 bits per heavy atom. The number of aryl methyl sites for hydroxylation is 1. The number of para-hydroxylation sites is 1. The lowest BCUT2D eigenvalue weighted by atomic mass is 9.70. The van der Waals surface area contributed by atoms with Gasteiger partial charge in [0.1, 0.15) is 11.6 Å². The normalized spacial score (nSPS) is 29.9. The Balaban J connectivity index is 1.85. The van der Waals surface area contributed by atoms with Gasteiger partial charge in [0, 0.05) is 11.4 Å². The summed E-state index contributed by atoms with van der Waals surface area (Å²) >= 11 is 10.3. The minimum atomic E-state index is -1.29. The molecule has 8 nitrogen and oxygen atoms in total. The topological polar surface area (TPSA) is 96.4 Å². The van der Waals surface area contributed by atoms with Gasteiger partial charge >= 0.3 is 5.97 Å². The van der Waals surface area contributed by atoms with Crippen LogP contribution in [0.3, 0.4) is 0 Å². The maximum absolute atomic E-state index is 14.7. The van der Waals surface area contributed by atoms with E-state index in [9.17, 15) is 19.5 Å². The van der Waals surface area contributed by atoms with Crippen LogP contribution >= 0.6 is 27.5 Å². The van der Waals surface area contributed by atoms with Gasteiger partial charge in [-0.2, -0.15) is 0 Å². The molecule has 0 radical (unpaired) electrons. The molecule has 3 fully saturated rings. The summed E-state index contributed by atoms with van der Waals surface area (Å²) in [6.45, 7) is 13.1. The first kappa shape index (κ1) is 29.8. The first-order valence-electron chi connectivity index (χ1n) is 13.3. The fourth-order valence-electron chi connectivity index (χ4n) is 6.47. The van der Waals surface area contributed by atoms with Gasteiger partial charge in [0.05, 0.1) is 47.9 Å². The molecule has 1 N–H and O–H groups in total. The average Bonchev–Trinajstić information content (AvgIpc) is 3.47. The van der Waals surface area contributed by atoms with Crippen LogP contribution < -0.4 is 4.90 Å². The van der Waals surface area contributed by atoms with Gasteiger partial charge in [-0.3, -0.25) is 14.4 Å². The number of anilines is 1. The molecule has 0 aliphatic carbocycles. The van der Waals surface area contributed by atoms with E-state index in [-0.39, 0.29) is 36.4 Å². The van der Waals surface area contributed by atoms with Crippen molar-refractivity contribution in [2.75, 3.05) is 24.7 Å². The zero-order valence-corrected chi connectivity index (χ0v) is 24.9. The zero-order valence-electron chi connectivity index (χ0n) is 22.5. The fraction of sp³-hybridized carbons (Fsp3) is 0.552. The number of hydrogen-bond acceptors (Lipinski definition) is 6. The third-order valence-corrected chi connectivity index (χ3v) is 9.30. The van der Waals surface area contributed by atoms with Crippen molar-refractivity contribution in [2.24, 2.45) is 17.8 Å². The molecule has 3 aliphatic heterocycles. The maximum atomic E-state index is 14.7. The van der Waals surface area contributed by atoms with E-state index < -0.39 is 47.5 Å². The number of benzene rings is 1. The van der Waals surface area contributed by atoms with E-state index >= 15 is 0 Å². The van der Waals surface area contributed by atoms with Crippen LogP contribution in [0.1, 0.15) is 32.3 Å².